The van der Waals surface area contributed by atoms with E-state index in [4.69, 9.17) is 0 Å². The third kappa shape index (κ3) is 2.64. The number of halogens is 1. The first-order valence-corrected chi connectivity index (χ1v) is 6.83. The Morgan fingerprint density at radius 2 is 2.12 bits per heavy atom. The zero-order valence-electron chi connectivity index (χ0n) is 9.23. The number of nitrogens with zero attached hydrogens (tertiary/aromatic N) is 1. The lowest BCUT2D eigenvalue weighted by Crippen LogP contribution is -2.37. The summed E-state index contributed by atoms with van der Waals surface area (Å²) in [6.45, 7) is 0.919. The molecule has 16 heavy (non-hydrogen) atoms. The lowest BCUT2D eigenvalue weighted by molar-refractivity contribution is -0.130. The van der Waals surface area contributed by atoms with Gasteiger partial charge >= 0.3 is 0 Å². The lowest BCUT2D eigenvalue weighted by atomic mass is 10.1. The number of carbonyl (C=O) groups excluding carboxylic acids is 1. The topological polar surface area (TPSA) is 20.3 Å². The number of amides is 1. The molecule has 0 aliphatic carbocycles. The Kier molecular flexibility index (Phi) is 3.99. The third-order valence-corrected chi connectivity index (χ3v) is 3.82. The van der Waals surface area contributed by atoms with Crippen LogP contribution in [0.4, 0.5) is 0 Å². The van der Waals surface area contributed by atoms with Crippen molar-refractivity contribution in [2.45, 2.75) is 25.3 Å². The van der Waals surface area contributed by atoms with E-state index in [2.05, 4.69) is 15.9 Å². The number of hydrogen-bond acceptors (Lipinski definition) is 1. The van der Waals surface area contributed by atoms with Gasteiger partial charge in [0.25, 0.3) is 0 Å². The van der Waals surface area contributed by atoms with Crippen LogP contribution in [0.2, 0.25) is 0 Å². The molecule has 0 N–H and O–H groups in total. The van der Waals surface area contributed by atoms with Crippen LogP contribution in [0.25, 0.3) is 0 Å². The summed E-state index contributed by atoms with van der Waals surface area (Å²) in [7, 11) is 0. The maximum absolute atomic E-state index is 12.1. The minimum absolute atomic E-state index is 0.258. The van der Waals surface area contributed by atoms with Crippen molar-refractivity contribution in [2.75, 3.05) is 11.9 Å². The molecule has 1 aliphatic rings. The quantitative estimate of drug-likeness (QED) is 0.780. The molecule has 1 saturated heterocycles. The van der Waals surface area contributed by atoms with Gasteiger partial charge in [0.15, 0.2) is 0 Å². The van der Waals surface area contributed by atoms with Crippen molar-refractivity contribution < 1.29 is 4.79 Å². The second-order valence-corrected chi connectivity index (χ2v) is 4.85. The van der Waals surface area contributed by atoms with E-state index in [9.17, 15) is 4.79 Å². The molecule has 1 heterocycles. The van der Waals surface area contributed by atoms with E-state index < -0.39 is 0 Å². The van der Waals surface area contributed by atoms with Crippen LogP contribution in [-0.2, 0) is 11.2 Å². The average molecular weight is 282 g/mol. The summed E-state index contributed by atoms with van der Waals surface area (Å²) in [6, 6.07) is 10.4. The summed E-state index contributed by atoms with van der Waals surface area (Å²) in [5.74, 6) is 0.258. The number of hydrogen-bond donors (Lipinski definition) is 0. The van der Waals surface area contributed by atoms with Crippen LogP contribution in [0.1, 0.15) is 18.4 Å². The first-order valence-electron chi connectivity index (χ1n) is 5.70. The van der Waals surface area contributed by atoms with E-state index in [1.54, 1.807) is 0 Å². The number of likely N-dealkylation sites (tertiary alicyclic amines) is 1. The normalized spacial score (nSPS) is 20.1. The largest absolute Gasteiger partial charge is 0.339 e. The fourth-order valence-corrected chi connectivity index (χ4v) is 2.87. The molecule has 1 atom stereocenters. The Labute approximate surface area is 105 Å². The smallest absolute Gasteiger partial charge is 0.227 e. The van der Waals surface area contributed by atoms with Gasteiger partial charge in [-0.05, 0) is 18.4 Å². The minimum atomic E-state index is 0.258. The van der Waals surface area contributed by atoms with Gasteiger partial charge in [0.2, 0.25) is 5.91 Å². The predicted molar refractivity (Wildman–Crippen MR) is 68.7 cm³/mol. The van der Waals surface area contributed by atoms with E-state index in [-0.39, 0.29) is 5.91 Å². The molecule has 1 aromatic carbocycles. The zero-order chi connectivity index (χ0) is 11.4. The van der Waals surface area contributed by atoms with Crippen molar-refractivity contribution in [3.05, 3.63) is 35.9 Å². The molecule has 1 fully saturated rings. The first-order chi connectivity index (χ1) is 7.81. The van der Waals surface area contributed by atoms with Gasteiger partial charge in [-0.3, -0.25) is 4.79 Å². The SMILES string of the molecule is O=C(Cc1ccccc1)N1CCC[C@H]1CBr. The summed E-state index contributed by atoms with van der Waals surface area (Å²) < 4.78 is 0. The summed E-state index contributed by atoms with van der Waals surface area (Å²) in [5.41, 5.74) is 1.10. The van der Waals surface area contributed by atoms with Crippen LogP contribution in [-0.4, -0.2) is 28.7 Å². The van der Waals surface area contributed by atoms with Crippen LogP contribution < -0.4 is 0 Å². The van der Waals surface area contributed by atoms with Gasteiger partial charge in [0.05, 0.1) is 6.42 Å². The molecular formula is C13H16BrNO. The highest BCUT2D eigenvalue weighted by molar-refractivity contribution is 9.09. The van der Waals surface area contributed by atoms with E-state index in [1.807, 2.05) is 35.2 Å². The Morgan fingerprint density at radius 3 is 2.81 bits per heavy atom. The van der Waals surface area contributed by atoms with Crippen molar-refractivity contribution in [3.63, 3.8) is 0 Å². The molecule has 0 saturated carbocycles. The lowest BCUT2D eigenvalue weighted by Gasteiger charge is -2.23. The maximum atomic E-state index is 12.1. The van der Waals surface area contributed by atoms with Crippen LogP contribution in [0.5, 0.6) is 0 Å². The van der Waals surface area contributed by atoms with Crippen LogP contribution in [0, 0.1) is 0 Å². The van der Waals surface area contributed by atoms with Gasteiger partial charge in [-0.2, -0.15) is 0 Å². The highest BCUT2D eigenvalue weighted by Crippen LogP contribution is 2.20. The minimum Gasteiger partial charge on any atom is -0.339 e. The van der Waals surface area contributed by atoms with Crippen LogP contribution in [0.15, 0.2) is 30.3 Å². The molecule has 0 unspecified atom stereocenters. The molecule has 0 spiro atoms. The molecule has 1 amide bonds. The molecular weight excluding hydrogens is 266 g/mol. The van der Waals surface area contributed by atoms with Gasteiger partial charge in [-0.25, -0.2) is 0 Å². The van der Waals surface area contributed by atoms with Crippen molar-refractivity contribution in [1.82, 2.24) is 4.90 Å². The first kappa shape index (κ1) is 11.6. The second-order valence-electron chi connectivity index (χ2n) is 4.20. The number of alkyl halides is 1. The standard InChI is InChI=1S/C13H16BrNO/c14-10-12-7-4-8-15(12)13(16)9-11-5-2-1-3-6-11/h1-3,5-6,12H,4,7-10H2/t12-/m0/s1. The van der Waals surface area contributed by atoms with E-state index >= 15 is 0 Å². The second kappa shape index (κ2) is 5.48. The third-order valence-electron chi connectivity index (χ3n) is 3.07. The van der Waals surface area contributed by atoms with Crippen molar-refractivity contribution in [3.8, 4) is 0 Å². The van der Waals surface area contributed by atoms with Crippen LogP contribution >= 0.6 is 15.9 Å². The van der Waals surface area contributed by atoms with Gasteiger partial charge in [0, 0.05) is 17.9 Å². The molecule has 1 aromatic rings. The average Bonchev–Trinajstić information content (AvgIpc) is 2.78. The number of rotatable bonds is 3. The molecule has 2 rings (SSSR count). The fraction of sp³-hybridized carbons (Fsp3) is 0.462. The maximum Gasteiger partial charge on any atom is 0.227 e. The predicted octanol–water partition coefficient (Wildman–Crippen LogP) is 2.62. The van der Waals surface area contributed by atoms with Gasteiger partial charge in [0.1, 0.15) is 0 Å². The van der Waals surface area contributed by atoms with Crippen molar-refractivity contribution in [1.29, 1.82) is 0 Å². The molecule has 86 valence electrons. The fourth-order valence-electron chi connectivity index (χ4n) is 2.20. The molecule has 0 radical (unpaired) electrons. The zero-order valence-corrected chi connectivity index (χ0v) is 10.8. The Bertz CT molecular complexity index is 352. The Morgan fingerprint density at radius 1 is 1.38 bits per heavy atom. The summed E-state index contributed by atoms with van der Waals surface area (Å²) >= 11 is 3.48. The molecule has 0 aromatic heterocycles. The Balaban J connectivity index is 1.98. The molecule has 0 bridgehead atoms. The molecule has 2 nitrogen and oxygen atoms in total. The van der Waals surface area contributed by atoms with Gasteiger partial charge in [-0.1, -0.05) is 46.3 Å². The van der Waals surface area contributed by atoms with E-state index in [0.29, 0.717) is 12.5 Å². The summed E-state index contributed by atoms with van der Waals surface area (Å²) in [4.78, 5) is 14.1. The number of carbonyl (C=O) groups is 1. The molecule has 1 aliphatic heterocycles. The van der Waals surface area contributed by atoms with Gasteiger partial charge in [-0.15, -0.1) is 0 Å². The summed E-state index contributed by atoms with van der Waals surface area (Å²) in [5, 5.41) is 0.896. The highest BCUT2D eigenvalue weighted by Gasteiger charge is 2.27. The molecule has 3 heteroatoms. The highest BCUT2D eigenvalue weighted by atomic mass is 79.9. The number of benzene rings is 1. The van der Waals surface area contributed by atoms with Gasteiger partial charge < -0.3 is 4.90 Å². The monoisotopic (exact) mass is 281 g/mol. The Hall–Kier alpha value is -0.830. The van der Waals surface area contributed by atoms with E-state index in [1.165, 1.54) is 0 Å². The summed E-state index contributed by atoms with van der Waals surface area (Å²) in [6.07, 6.45) is 2.80. The van der Waals surface area contributed by atoms with Crippen molar-refractivity contribution >= 4 is 21.8 Å². The van der Waals surface area contributed by atoms with E-state index in [0.717, 1.165) is 30.3 Å². The van der Waals surface area contributed by atoms with Crippen LogP contribution in [0.3, 0.4) is 0 Å². The van der Waals surface area contributed by atoms with Crippen molar-refractivity contribution in [2.24, 2.45) is 0 Å².